The summed E-state index contributed by atoms with van der Waals surface area (Å²) in [6.07, 6.45) is 2.73. The minimum absolute atomic E-state index is 0.711. The number of aryl methyl sites for hydroxylation is 1. The van der Waals surface area contributed by atoms with Crippen LogP contribution in [-0.4, -0.2) is 17.3 Å². The third-order valence-corrected chi connectivity index (χ3v) is 3.69. The highest BCUT2D eigenvalue weighted by Gasteiger charge is 2.00. The van der Waals surface area contributed by atoms with Crippen molar-refractivity contribution in [1.82, 2.24) is 4.98 Å². The van der Waals surface area contributed by atoms with Gasteiger partial charge < -0.3 is 10.5 Å². The molecular formula is C15H18N2OS. The van der Waals surface area contributed by atoms with Crippen LogP contribution < -0.4 is 10.5 Å². The maximum Gasteiger partial charge on any atom is 0.119 e. The number of ether oxygens (including phenoxy) is 1. The van der Waals surface area contributed by atoms with Crippen molar-refractivity contribution in [3.8, 4) is 5.75 Å². The second-order valence-electron chi connectivity index (χ2n) is 4.26. The molecule has 0 aliphatic rings. The lowest BCUT2D eigenvalue weighted by atomic mass is 10.2. The maximum atomic E-state index is 5.83. The van der Waals surface area contributed by atoms with E-state index in [2.05, 4.69) is 18.0 Å². The molecule has 0 radical (unpaired) electrons. The highest BCUT2D eigenvalue weighted by Crippen LogP contribution is 2.22. The topological polar surface area (TPSA) is 48.1 Å². The molecule has 1 aromatic heterocycles. The quantitative estimate of drug-likeness (QED) is 0.646. The number of nitrogen functional groups attached to an aromatic ring is 1. The Morgan fingerprint density at radius 3 is 2.95 bits per heavy atom. The summed E-state index contributed by atoms with van der Waals surface area (Å²) in [5.74, 6) is 1.88. The highest BCUT2D eigenvalue weighted by molar-refractivity contribution is 7.99. The Bertz CT molecular complexity index is 531. The molecule has 0 saturated heterocycles. The van der Waals surface area contributed by atoms with Crippen LogP contribution in [0, 0.1) is 6.92 Å². The Kier molecular flexibility index (Phi) is 5.10. The van der Waals surface area contributed by atoms with Gasteiger partial charge in [-0.15, -0.1) is 11.8 Å². The van der Waals surface area contributed by atoms with Gasteiger partial charge in [0, 0.05) is 11.9 Å². The third kappa shape index (κ3) is 4.48. The van der Waals surface area contributed by atoms with Crippen molar-refractivity contribution in [3.63, 3.8) is 0 Å². The average molecular weight is 274 g/mol. The van der Waals surface area contributed by atoms with Crippen LogP contribution in [-0.2, 0) is 0 Å². The standard InChI is InChI=1S/C15H18N2OS/c1-12-5-2-6-13(11-12)18-9-4-10-19-15-14(16)7-3-8-17-15/h2-3,5-8,11H,4,9-10,16H2,1H3. The fraction of sp³-hybridized carbons (Fsp3) is 0.267. The summed E-state index contributed by atoms with van der Waals surface area (Å²) in [5.41, 5.74) is 7.79. The van der Waals surface area contributed by atoms with Crippen molar-refractivity contribution >= 4 is 17.4 Å². The van der Waals surface area contributed by atoms with Crippen LogP contribution in [0.15, 0.2) is 47.6 Å². The van der Waals surface area contributed by atoms with E-state index in [-0.39, 0.29) is 0 Å². The highest BCUT2D eigenvalue weighted by atomic mass is 32.2. The Balaban J connectivity index is 1.69. The van der Waals surface area contributed by atoms with E-state index in [0.29, 0.717) is 6.61 Å². The fourth-order valence-electron chi connectivity index (χ4n) is 1.65. The summed E-state index contributed by atoms with van der Waals surface area (Å²) in [6.45, 7) is 2.77. The first kappa shape index (κ1) is 13.7. The molecule has 0 aliphatic carbocycles. The molecule has 1 aromatic carbocycles. The van der Waals surface area contributed by atoms with Gasteiger partial charge in [-0.05, 0) is 43.2 Å². The zero-order chi connectivity index (χ0) is 13.5. The number of aromatic nitrogens is 1. The Morgan fingerprint density at radius 2 is 2.16 bits per heavy atom. The van der Waals surface area contributed by atoms with Gasteiger partial charge in [0.1, 0.15) is 10.8 Å². The van der Waals surface area contributed by atoms with Crippen LogP contribution in [0.1, 0.15) is 12.0 Å². The molecule has 0 saturated carbocycles. The minimum Gasteiger partial charge on any atom is -0.494 e. The van der Waals surface area contributed by atoms with Gasteiger partial charge in [-0.2, -0.15) is 0 Å². The number of anilines is 1. The van der Waals surface area contributed by atoms with Gasteiger partial charge in [0.05, 0.1) is 12.3 Å². The molecule has 2 rings (SSSR count). The molecule has 4 heteroatoms. The van der Waals surface area contributed by atoms with Gasteiger partial charge >= 0.3 is 0 Å². The number of nitrogens with two attached hydrogens (primary N) is 1. The van der Waals surface area contributed by atoms with Gasteiger partial charge in [-0.3, -0.25) is 0 Å². The summed E-state index contributed by atoms with van der Waals surface area (Å²) >= 11 is 1.67. The van der Waals surface area contributed by atoms with Crippen molar-refractivity contribution in [1.29, 1.82) is 0 Å². The third-order valence-electron chi connectivity index (χ3n) is 2.59. The molecule has 0 atom stereocenters. The first-order valence-electron chi connectivity index (χ1n) is 6.28. The number of benzene rings is 1. The Hall–Kier alpha value is -1.68. The predicted molar refractivity (Wildman–Crippen MR) is 80.7 cm³/mol. The molecule has 0 amide bonds. The van der Waals surface area contributed by atoms with Crippen molar-refractivity contribution < 1.29 is 4.74 Å². The Labute approximate surface area is 118 Å². The second-order valence-corrected chi connectivity index (χ2v) is 5.35. The molecule has 3 nitrogen and oxygen atoms in total. The summed E-state index contributed by atoms with van der Waals surface area (Å²) in [5, 5.41) is 0.901. The molecule has 0 unspecified atom stereocenters. The fourth-order valence-corrected chi connectivity index (χ4v) is 2.47. The van der Waals surface area contributed by atoms with Crippen LogP contribution in [0.3, 0.4) is 0 Å². The lowest BCUT2D eigenvalue weighted by Gasteiger charge is -2.07. The van der Waals surface area contributed by atoms with E-state index >= 15 is 0 Å². The van der Waals surface area contributed by atoms with E-state index in [1.54, 1.807) is 18.0 Å². The van der Waals surface area contributed by atoms with Crippen LogP contribution in [0.2, 0.25) is 0 Å². The van der Waals surface area contributed by atoms with Gasteiger partial charge in [0.15, 0.2) is 0 Å². The van der Waals surface area contributed by atoms with E-state index in [4.69, 9.17) is 10.5 Å². The summed E-state index contributed by atoms with van der Waals surface area (Å²) in [6, 6.07) is 11.8. The molecule has 1 heterocycles. The zero-order valence-corrected chi connectivity index (χ0v) is 11.8. The number of pyridine rings is 1. The second kappa shape index (κ2) is 7.04. The monoisotopic (exact) mass is 274 g/mol. The van der Waals surface area contributed by atoms with Crippen molar-refractivity contribution in [2.75, 3.05) is 18.1 Å². The van der Waals surface area contributed by atoms with Crippen molar-refractivity contribution in [3.05, 3.63) is 48.2 Å². The van der Waals surface area contributed by atoms with E-state index < -0.39 is 0 Å². The largest absolute Gasteiger partial charge is 0.494 e. The van der Waals surface area contributed by atoms with E-state index in [0.717, 1.165) is 28.6 Å². The molecule has 0 aliphatic heterocycles. The van der Waals surface area contributed by atoms with E-state index in [1.165, 1.54) is 5.56 Å². The normalized spacial score (nSPS) is 10.4. The number of hydrogen-bond acceptors (Lipinski definition) is 4. The van der Waals surface area contributed by atoms with Gasteiger partial charge in [-0.25, -0.2) is 4.98 Å². The minimum atomic E-state index is 0.711. The summed E-state index contributed by atoms with van der Waals surface area (Å²) in [7, 11) is 0. The molecule has 2 N–H and O–H groups in total. The first-order chi connectivity index (χ1) is 9.25. The van der Waals surface area contributed by atoms with Crippen LogP contribution in [0.5, 0.6) is 5.75 Å². The lowest BCUT2D eigenvalue weighted by Crippen LogP contribution is -1.99. The van der Waals surface area contributed by atoms with E-state index in [1.807, 2.05) is 30.3 Å². The molecule has 0 bridgehead atoms. The zero-order valence-electron chi connectivity index (χ0n) is 11.0. The van der Waals surface area contributed by atoms with Crippen LogP contribution >= 0.6 is 11.8 Å². The maximum absolute atomic E-state index is 5.83. The summed E-state index contributed by atoms with van der Waals surface area (Å²) in [4.78, 5) is 4.24. The Morgan fingerprint density at radius 1 is 1.26 bits per heavy atom. The average Bonchev–Trinajstić information content (AvgIpc) is 2.40. The van der Waals surface area contributed by atoms with Crippen LogP contribution in [0.4, 0.5) is 5.69 Å². The predicted octanol–water partition coefficient (Wildman–Crippen LogP) is 3.53. The smallest absolute Gasteiger partial charge is 0.119 e. The molecule has 2 aromatic rings. The molecule has 0 spiro atoms. The van der Waals surface area contributed by atoms with E-state index in [9.17, 15) is 0 Å². The first-order valence-corrected chi connectivity index (χ1v) is 7.27. The molecule has 19 heavy (non-hydrogen) atoms. The van der Waals surface area contributed by atoms with Gasteiger partial charge in [-0.1, -0.05) is 12.1 Å². The summed E-state index contributed by atoms with van der Waals surface area (Å²) < 4.78 is 5.69. The molecule has 100 valence electrons. The van der Waals surface area contributed by atoms with Gasteiger partial charge in [0.25, 0.3) is 0 Å². The SMILES string of the molecule is Cc1cccc(OCCCSc2ncccc2N)c1. The van der Waals surface area contributed by atoms with Crippen LogP contribution in [0.25, 0.3) is 0 Å². The van der Waals surface area contributed by atoms with Crippen molar-refractivity contribution in [2.45, 2.75) is 18.4 Å². The van der Waals surface area contributed by atoms with Crippen molar-refractivity contribution in [2.24, 2.45) is 0 Å². The number of nitrogens with zero attached hydrogens (tertiary/aromatic N) is 1. The van der Waals surface area contributed by atoms with Gasteiger partial charge in [0.2, 0.25) is 0 Å². The number of thioether (sulfide) groups is 1. The number of rotatable bonds is 6. The molecule has 0 fully saturated rings. The lowest BCUT2D eigenvalue weighted by molar-refractivity contribution is 0.318. The molecular weight excluding hydrogens is 256 g/mol. The number of hydrogen-bond donors (Lipinski definition) is 1.